The van der Waals surface area contributed by atoms with Gasteiger partial charge in [-0.3, -0.25) is 14.4 Å². The molecule has 2 aromatic carbocycles. The van der Waals surface area contributed by atoms with E-state index < -0.39 is 35.1 Å². The van der Waals surface area contributed by atoms with Gasteiger partial charge in [-0.15, -0.1) is 0 Å². The Hall–Kier alpha value is -3.75. The molecule has 1 unspecified atom stereocenters. The molecule has 0 radical (unpaired) electrons. The molecule has 0 saturated carbocycles. The molecular formula is C33H37N3O5. The number of likely N-dealkylation sites (tertiary alicyclic amines) is 1. The van der Waals surface area contributed by atoms with Crippen LogP contribution in [0.3, 0.4) is 0 Å². The monoisotopic (exact) mass is 555 g/mol. The average molecular weight is 556 g/mol. The number of fused-ring (bicyclic) bond motifs is 2. The number of aliphatic hydroxyl groups excluding tert-OH is 1. The Balaban J connectivity index is 1.49. The first-order valence-electron chi connectivity index (χ1n) is 14.4. The van der Waals surface area contributed by atoms with Crippen LogP contribution in [0.5, 0.6) is 0 Å². The lowest BCUT2D eigenvalue weighted by atomic mass is 9.74. The van der Waals surface area contributed by atoms with Crippen LogP contribution in [0, 0.1) is 11.8 Å². The molecule has 3 amide bonds. The van der Waals surface area contributed by atoms with Gasteiger partial charge < -0.3 is 24.5 Å². The highest BCUT2D eigenvalue weighted by molar-refractivity contribution is 6.00. The molecule has 0 aromatic heterocycles. The van der Waals surface area contributed by atoms with Gasteiger partial charge in [-0.2, -0.15) is 0 Å². The fourth-order valence-electron chi connectivity index (χ4n) is 7.30. The van der Waals surface area contributed by atoms with Crippen LogP contribution in [0.15, 0.2) is 85.0 Å². The van der Waals surface area contributed by atoms with Crippen LogP contribution in [0.4, 0.5) is 0 Å². The summed E-state index contributed by atoms with van der Waals surface area (Å²) < 4.78 is 6.91. The molecule has 4 aliphatic rings. The first-order chi connectivity index (χ1) is 19.7. The quantitative estimate of drug-likeness (QED) is 0.554. The van der Waals surface area contributed by atoms with Crippen LogP contribution in [0.25, 0.3) is 0 Å². The molecule has 0 bridgehead atoms. The molecule has 2 aromatic rings. The van der Waals surface area contributed by atoms with Crippen molar-refractivity contribution in [2.24, 2.45) is 11.8 Å². The third-order valence-electron chi connectivity index (χ3n) is 9.14. The molecule has 6 atom stereocenters. The number of carbonyl (C=O) groups excluding carboxylic acids is 3. The molecule has 0 aliphatic carbocycles. The Morgan fingerprint density at radius 3 is 2.20 bits per heavy atom. The van der Waals surface area contributed by atoms with Crippen LogP contribution in [0.2, 0.25) is 0 Å². The Bertz CT molecular complexity index is 1390. The maximum atomic E-state index is 14.7. The first kappa shape index (κ1) is 27.4. The Labute approximate surface area is 240 Å². The van der Waals surface area contributed by atoms with Crippen molar-refractivity contribution in [1.29, 1.82) is 0 Å². The zero-order valence-electron chi connectivity index (χ0n) is 23.7. The summed E-state index contributed by atoms with van der Waals surface area (Å²) in [6.45, 7) is 6.52. The van der Waals surface area contributed by atoms with Gasteiger partial charge in [0.2, 0.25) is 17.7 Å². The summed E-state index contributed by atoms with van der Waals surface area (Å²) in [5.41, 5.74) is -0.747. The lowest BCUT2D eigenvalue weighted by Gasteiger charge is -2.40. The highest BCUT2D eigenvalue weighted by Gasteiger charge is 2.75. The Morgan fingerprint density at radius 2 is 1.54 bits per heavy atom. The third-order valence-corrected chi connectivity index (χ3v) is 9.14. The van der Waals surface area contributed by atoms with E-state index >= 15 is 0 Å². The van der Waals surface area contributed by atoms with Gasteiger partial charge in [0, 0.05) is 25.7 Å². The van der Waals surface area contributed by atoms with Crippen LogP contribution in [-0.4, -0.2) is 80.5 Å². The lowest BCUT2D eigenvalue weighted by molar-refractivity contribution is -0.156. The lowest BCUT2D eigenvalue weighted by Crippen LogP contribution is -2.57. The summed E-state index contributed by atoms with van der Waals surface area (Å²) in [6, 6.07) is 17.1. The topological polar surface area (TPSA) is 90.4 Å². The van der Waals surface area contributed by atoms with E-state index in [4.69, 9.17) is 4.74 Å². The second-order valence-electron chi connectivity index (χ2n) is 11.9. The number of aliphatic hydroxyl groups is 1. The minimum atomic E-state index is -1.37. The molecule has 6 rings (SSSR count). The Morgan fingerprint density at radius 1 is 0.878 bits per heavy atom. The van der Waals surface area contributed by atoms with E-state index in [0.29, 0.717) is 19.6 Å². The smallest absolute Gasteiger partial charge is 0.249 e. The summed E-state index contributed by atoms with van der Waals surface area (Å²) in [7, 11) is 0. The van der Waals surface area contributed by atoms with Crippen molar-refractivity contribution in [2.45, 2.75) is 56.6 Å². The second kappa shape index (κ2) is 10.3. The number of nitrogens with zero attached hydrogens (tertiary/aromatic N) is 3. The van der Waals surface area contributed by atoms with E-state index in [9.17, 15) is 19.5 Å². The average Bonchev–Trinajstić information content (AvgIpc) is 3.23. The maximum Gasteiger partial charge on any atom is 0.249 e. The number of rotatable bonds is 6. The fraction of sp³-hybridized carbons (Fsp3) is 0.424. The number of hydrogen-bond acceptors (Lipinski definition) is 5. The molecule has 2 saturated heterocycles. The number of benzene rings is 2. The number of ether oxygens (including phenoxy) is 1. The summed E-state index contributed by atoms with van der Waals surface area (Å²) in [6.07, 6.45) is 7.57. The normalized spacial score (nSPS) is 31.7. The van der Waals surface area contributed by atoms with Crippen LogP contribution in [-0.2, 0) is 25.7 Å². The Kier molecular flexibility index (Phi) is 6.86. The molecule has 1 N–H and O–H groups in total. The third kappa shape index (κ3) is 4.23. The van der Waals surface area contributed by atoms with Crippen LogP contribution in [0.1, 0.15) is 37.9 Å². The molecule has 8 nitrogen and oxygen atoms in total. The number of hydrogen-bond donors (Lipinski definition) is 1. The largest absolute Gasteiger partial charge is 0.394 e. The molecule has 8 heteroatoms. The van der Waals surface area contributed by atoms with E-state index in [-0.39, 0.29) is 30.4 Å². The molecule has 4 heterocycles. The van der Waals surface area contributed by atoms with Gasteiger partial charge in [-0.05, 0) is 31.9 Å². The molecule has 214 valence electrons. The van der Waals surface area contributed by atoms with E-state index in [2.05, 4.69) is 0 Å². The van der Waals surface area contributed by atoms with Gasteiger partial charge in [0.1, 0.15) is 11.6 Å². The fourth-order valence-corrected chi connectivity index (χ4v) is 7.30. The first-order valence-corrected chi connectivity index (χ1v) is 14.4. The van der Waals surface area contributed by atoms with Gasteiger partial charge >= 0.3 is 0 Å². The van der Waals surface area contributed by atoms with Gasteiger partial charge in [0.15, 0.2) is 0 Å². The van der Waals surface area contributed by atoms with Crippen molar-refractivity contribution in [3.05, 3.63) is 96.1 Å². The van der Waals surface area contributed by atoms with E-state index in [1.165, 1.54) is 4.90 Å². The van der Waals surface area contributed by atoms with Crippen LogP contribution < -0.4 is 0 Å². The van der Waals surface area contributed by atoms with Crippen molar-refractivity contribution in [3.8, 4) is 0 Å². The predicted octanol–water partition coefficient (Wildman–Crippen LogP) is 3.10. The second-order valence-corrected chi connectivity index (χ2v) is 11.9. The maximum absolute atomic E-state index is 14.7. The summed E-state index contributed by atoms with van der Waals surface area (Å²) >= 11 is 0. The van der Waals surface area contributed by atoms with Gasteiger partial charge in [0.05, 0.1) is 30.1 Å². The number of carbonyl (C=O) groups is 3. The summed E-state index contributed by atoms with van der Waals surface area (Å²) in [5, 5.41) is 10.7. The van der Waals surface area contributed by atoms with Gasteiger partial charge in [-0.1, -0.05) is 85.0 Å². The van der Waals surface area contributed by atoms with Crippen molar-refractivity contribution in [1.82, 2.24) is 14.7 Å². The zero-order valence-corrected chi connectivity index (χ0v) is 23.7. The van der Waals surface area contributed by atoms with Crippen LogP contribution >= 0.6 is 0 Å². The molecule has 2 fully saturated rings. The predicted molar refractivity (Wildman–Crippen MR) is 153 cm³/mol. The summed E-state index contributed by atoms with van der Waals surface area (Å²) in [5.74, 6) is -2.55. The SMILES string of the molecule is CC(C)N1CC=C[C@]23O[C@]4(C)C=CCN(Cc5ccccc5)C(=O)[C@@H]4[C@H]2C(=O)N([C@H](CO)c2ccccc2)C3C1=O. The number of amides is 3. The highest BCUT2D eigenvalue weighted by atomic mass is 16.5. The van der Waals surface area contributed by atoms with Gasteiger partial charge in [-0.25, -0.2) is 0 Å². The van der Waals surface area contributed by atoms with Crippen molar-refractivity contribution >= 4 is 17.7 Å². The van der Waals surface area contributed by atoms with E-state index in [1.54, 1.807) is 9.80 Å². The summed E-state index contributed by atoms with van der Waals surface area (Å²) in [4.78, 5) is 48.5. The molecule has 1 spiro atoms. The minimum absolute atomic E-state index is 0.118. The molecule has 41 heavy (non-hydrogen) atoms. The zero-order chi connectivity index (χ0) is 28.9. The molecular weight excluding hydrogens is 518 g/mol. The van der Waals surface area contributed by atoms with E-state index in [0.717, 1.165) is 11.1 Å². The molecule has 4 aliphatic heterocycles. The standard InChI is InChI=1S/C33H37N3O5/c1-22(2)35-19-11-17-33-27(30(39)36(28(33)31(35)40)25(21-37)24-14-8-5-9-15-24)26-29(38)34(18-10-16-32(26,3)41-33)20-23-12-6-4-7-13-23/h4-17,22,25-28,37H,18-21H2,1-3H3/t25-,26+,27+,28?,32-,33+/m1/s1. The minimum Gasteiger partial charge on any atom is -0.394 e. The van der Waals surface area contributed by atoms with Gasteiger partial charge in [0.25, 0.3) is 0 Å². The van der Waals surface area contributed by atoms with Crippen molar-refractivity contribution < 1.29 is 24.2 Å². The van der Waals surface area contributed by atoms with Crippen molar-refractivity contribution in [2.75, 3.05) is 19.7 Å². The van der Waals surface area contributed by atoms with Crippen molar-refractivity contribution in [3.63, 3.8) is 0 Å². The van der Waals surface area contributed by atoms with E-state index in [1.807, 2.05) is 106 Å². The highest BCUT2D eigenvalue weighted by Crippen LogP contribution is 2.58.